The molecule has 272 valence electrons. The van der Waals surface area contributed by atoms with Crippen LogP contribution in [0.15, 0.2) is 41.6 Å². The molecule has 0 saturated carbocycles. The van der Waals surface area contributed by atoms with E-state index in [2.05, 4.69) is 10.6 Å². The second-order valence-corrected chi connectivity index (χ2v) is 12.6. The lowest BCUT2D eigenvalue weighted by atomic mass is 10.0. The van der Waals surface area contributed by atoms with E-state index in [1.54, 1.807) is 37.3 Å². The second-order valence-electron chi connectivity index (χ2n) is 11.5. The predicted octanol–water partition coefficient (Wildman–Crippen LogP) is -2.15. The lowest BCUT2D eigenvalue weighted by molar-refractivity contribution is -0.151. The van der Waals surface area contributed by atoms with Gasteiger partial charge in [-0.1, -0.05) is 30.3 Å². The zero-order valence-corrected chi connectivity index (χ0v) is 27.7. The third-order valence-corrected chi connectivity index (χ3v) is 9.05. The summed E-state index contributed by atoms with van der Waals surface area (Å²) in [6, 6.07) is 5.62. The molecule has 3 rings (SSSR count). The van der Waals surface area contributed by atoms with E-state index in [0.29, 0.717) is 16.9 Å². The van der Waals surface area contributed by atoms with Gasteiger partial charge in [-0.3, -0.25) is 53.2 Å². The number of carbonyl (C=O) groups is 8. The quantitative estimate of drug-likeness (QED) is 0.0666. The maximum atomic E-state index is 13.5. The van der Waals surface area contributed by atoms with Crippen LogP contribution in [-0.4, -0.2) is 169 Å². The lowest BCUT2D eigenvalue weighted by Gasteiger charge is -2.49. The van der Waals surface area contributed by atoms with Crippen molar-refractivity contribution >= 4 is 59.3 Å². The van der Waals surface area contributed by atoms with Crippen LogP contribution in [0.3, 0.4) is 0 Å². The van der Waals surface area contributed by atoms with Crippen LogP contribution in [-0.2, 0) is 38.4 Å². The summed E-state index contributed by atoms with van der Waals surface area (Å²) in [6.07, 6.45) is 0. The standard InChI is InChI=1S/C30H38N6O13S/c1-17-16-50-29-25(28(47)36(29)26(17)30(48)49)32-27(46)24(18-5-3-2-4-6-18)31-19(37)11-34(13-21(40)41)9-7-33(12-20(38)39)8-10-35(14-22(42)43)15-23(44)45/h2-6,24-25,29H,7-16H2,1H3,(H,31,37)(H,32,46)(H,38,39)(H,40,41)(H,42,43)(H,44,45)(H,48,49). The number of fused-ring (bicyclic) bond motifs is 1. The molecular formula is C30H38N6O13S. The second kappa shape index (κ2) is 18.1. The molecule has 0 bridgehead atoms. The van der Waals surface area contributed by atoms with Gasteiger partial charge in [0.1, 0.15) is 23.2 Å². The molecule has 0 spiro atoms. The van der Waals surface area contributed by atoms with Crippen molar-refractivity contribution in [1.29, 1.82) is 0 Å². The van der Waals surface area contributed by atoms with Gasteiger partial charge in [0.25, 0.3) is 5.91 Å². The van der Waals surface area contributed by atoms with Crippen molar-refractivity contribution in [2.24, 2.45) is 0 Å². The molecule has 50 heavy (non-hydrogen) atoms. The maximum Gasteiger partial charge on any atom is 0.352 e. The average Bonchev–Trinajstić information content (AvgIpc) is 3.02. The van der Waals surface area contributed by atoms with Crippen molar-refractivity contribution < 1.29 is 63.9 Å². The Morgan fingerprint density at radius 3 is 1.76 bits per heavy atom. The summed E-state index contributed by atoms with van der Waals surface area (Å²) in [6.45, 7) is -1.84. The fourth-order valence-electron chi connectivity index (χ4n) is 5.40. The van der Waals surface area contributed by atoms with Gasteiger partial charge in [0.2, 0.25) is 11.8 Å². The first-order valence-corrected chi connectivity index (χ1v) is 16.2. The van der Waals surface area contributed by atoms with Crippen LogP contribution in [0.2, 0.25) is 0 Å². The molecule has 0 aromatic heterocycles. The fourth-order valence-corrected chi connectivity index (χ4v) is 6.69. The van der Waals surface area contributed by atoms with Gasteiger partial charge in [-0.25, -0.2) is 4.79 Å². The van der Waals surface area contributed by atoms with Gasteiger partial charge in [-0.2, -0.15) is 0 Å². The Balaban J connectivity index is 1.70. The van der Waals surface area contributed by atoms with Crippen molar-refractivity contribution in [2.75, 3.05) is 64.7 Å². The molecule has 3 amide bonds. The van der Waals surface area contributed by atoms with Crippen LogP contribution in [0, 0.1) is 0 Å². The molecule has 1 aromatic carbocycles. The fraction of sp³-hybridized carbons (Fsp3) is 0.467. The Kier molecular flexibility index (Phi) is 14.2. The minimum atomic E-state index is -1.33. The number of aliphatic carboxylic acids is 5. The van der Waals surface area contributed by atoms with E-state index in [4.69, 9.17) is 10.2 Å². The van der Waals surface area contributed by atoms with Gasteiger partial charge in [-0.05, 0) is 18.1 Å². The largest absolute Gasteiger partial charge is 0.480 e. The highest BCUT2D eigenvalue weighted by atomic mass is 32.2. The van der Waals surface area contributed by atoms with Gasteiger partial charge in [0.15, 0.2) is 0 Å². The highest BCUT2D eigenvalue weighted by molar-refractivity contribution is 8.00. The smallest absolute Gasteiger partial charge is 0.352 e. The molecule has 3 unspecified atom stereocenters. The normalized spacial score (nSPS) is 17.6. The molecule has 2 aliphatic heterocycles. The third-order valence-electron chi connectivity index (χ3n) is 7.63. The number of carbonyl (C=O) groups excluding carboxylic acids is 3. The molecule has 2 aliphatic rings. The van der Waals surface area contributed by atoms with Crippen molar-refractivity contribution in [3.8, 4) is 0 Å². The molecule has 1 aromatic rings. The van der Waals surface area contributed by atoms with E-state index in [1.807, 2.05) is 0 Å². The van der Waals surface area contributed by atoms with Crippen LogP contribution < -0.4 is 10.6 Å². The highest BCUT2D eigenvalue weighted by Gasteiger charge is 2.54. The number of carboxylic acids is 5. The SMILES string of the molecule is CC1=C(C(=O)O)N2C(=O)C(NC(=O)C(NC(=O)CN(CCN(CCN(CC(=O)O)CC(=O)O)CC(=O)O)CC(=O)O)c3ccccc3)C2SC1. The number of benzene rings is 1. The molecule has 7 N–H and O–H groups in total. The first-order valence-electron chi connectivity index (χ1n) is 15.1. The zero-order chi connectivity index (χ0) is 37.1. The summed E-state index contributed by atoms with van der Waals surface area (Å²) in [4.78, 5) is 102. The van der Waals surface area contributed by atoms with E-state index in [1.165, 1.54) is 21.6 Å². The summed E-state index contributed by atoms with van der Waals surface area (Å²) in [7, 11) is 0. The summed E-state index contributed by atoms with van der Waals surface area (Å²) in [5.74, 6) is -8.25. The van der Waals surface area contributed by atoms with E-state index in [9.17, 15) is 53.7 Å². The molecule has 2 heterocycles. The van der Waals surface area contributed by atoms with Crippen LogP contribution in [0.5, 0.6) is 0 Å². The minimum absolute atomic E-state index is 0.0872. The average molecular weight is 723 g/mol. The predicted molar refractivity (Wildman–Crippen MR) is 173 cm³/mol. The van der Waals surface area contributed by atoms with Crippen LogP contribution >= 0.6 is 11.8 Å². The summed E-state index contributed by atoms with van der Waals surface area (Å²) >= 11 is 1.28. The number of hydrogen-bond acceptors (Lipinski definition) is 12. The molecule has 20 heteroatoms. The van der Waals surface area contributed by atoms with Crippen molar-refractivity contribution in [3.05, 3.63) is 47.2 Å². The number of amides is 3. The number of rotatable bonds is 21. The van der Waals surface area contributed by atoms with Gasteiger partial charge in [0, 0.05) is 31.9 Å². The monoisotopic (exact) mass is 722 g/mol. The Bertz CT molecular complexity index is 1510. The number of nitrogens with one attached hydrogen (secondary N) is 2. The minimum Gasteiger partial charge on any atom is -0.480 e. The first kappa shape index (κ1) is 39.4. The number of thioether (sulfide) groups is 1. The Hall–Kier alpha value is -5.05. The molecule has 1 saturated heterocycles. The summed E-state index contributed by atoms with van der Waals surface area (Å²) < 4.78 is 0. The van der Waals surface area contributed by atoms with Gasteiger partial charge >= 0.3 is 29.8 Å². The van der Waals surface area contributed by atoms with Crippen molar-refractivity contribution in [3.63, 3.8) is 0 Å². The highest BCUT2D eigenvalue weighted by Crippen LogP contribution is 2.40. The molecule has 19 nitrogen and oxygen atoms in total. The molecule has 1 fully saturated rings. The molecule has 0 aliphatic carbocycles. The number of carboxylic acid groups (broad SMARTS) is 5. The molecule has 0 radical (unpaired) electrons. The number of hydrogen-bond donors (Lipinski definition) is 7. The van der Waals surface area contributed by atoms with Crippen molar-refractivity contribution in [2.45, 2.75) is 24.4 Å². The van der Waals surface area contributed by atoms with E-state index in [-0.39, 0.29) is 31.9 Å². The van der Waals surface area contributed by atoms with Crippen LogP contribution in [0.4, 0.5) is 0 Å². The zero-order valence-electron chi connectivity index (χ0n) is 26.9. The maximum absolute atomic E-state index is 13.5. The van der Waals surface area contributed by atoms with E-state index < -0.39 is 97.7 Å². The first-order chi connectivity index (χ1) is 23.6. The summed E-state index contributed by atoms with van der Waals surface area (Å²) in [5.41, 5.74) is 0.696. The number of nitrogens with zero attached hydrogens (tertiary/aromatic N) is 4. The van der Waals surface area contributed by atoms with E-state index >= 15 is 0 Å². The summed E-state index contributed by atoms with van der Waals surface area (Å²) in [5, 5.41) is 51.1. The van der Waals surface area contributed by atoms with Gasteiger partial charge < -0.3 is 36.2 Å². The molecule has 3 atom stereocenters. The molecular weight excluding hydrogens is 684 g/mol. The van der Waals surface area contributed by atoms with Crippen molar-refractivity contribution in [1.82, 2.24) is 30.2 Å². The Morgan fingerprint density at radius 2 is 1.26 bits per heavy atom. The Labute approximate surface area is 289 Å². The van der Waals surface area contributed by atoms with Crippen LogP contribution in [0.1, 0.15) is 18.5 Å². The lowest BCUT2D eigenvalue weighted by Crippen LogP contribution is -2.71. The third kappa shape index (κ3) is 11.3. The topological polar surface area (TPSA) is 275 Å². The van der Waals surface area contributed by atoms with Gasteiger partial charge in [-0.15, -0.1) is 11.8 Å². The van der Waals surface area contributed by atoms with Crippen LogP contribution in [0.25, 0.3) is 0 Å². The van der Waals surface area contributed by atoms with E-state index in [0.717, 1.165) is 9.80 Å². The number of β-lactam (4-membered cyclic amide) rings is 1. The Morgan fingerprint density at radius 1 is 0.780 bits per heavy atom. The van der Waals surface area contributed by atoms with Gasteiger partial charge in [0.05, 0.1) is 32.7 Å².